The third-order valence-corrected chi connectivity index (χ3v) is 6.15. The highest BCUT2D eigenvalue weighted by molar-refractivity contribution is 5.96. The Bertz CT molecular complexity index is 1310. The van der Waals surface area contributed by atoms with E-state index in [0.717, 1.165) is 27.7 Å². The van der Waals surface area contributed by atoms with Crippen molar-refractivity contribution in [2.24, 2.45) is 0 Å². The summed E-state index contributed by atoms with van der Waals surface area (Å²) in [7, 11) is 4.02. The molecule has 0 bridgehead atoms. The fourth-order valence-corrected chi connectivity index (χ4v) is 4.20. The van der Waals surface area contributed by atoms with Crippen LogP contribution in [-0.4, -0.2) is 50.6 Å². The fraction of sp³-hybridized carbons (Fsp3) is 0.241. The summed E-state index contributed by atoms with van der Waals surface area (Å²) in [6.07, 6.45) is 2.01. The van der Waals surface area contributed by atoms with Crippen LogP contribution in [-0.2, 0) is 4.79 Å². The molecule has 0 aliphatic rings. The molecule has 4 aromatic rings. The molecule has 0 fully saturated rings. The monoisotopic (exact) mass is 484 g/mol. The highest BCUT2D eigenvalue weighted by Gasteiger charge is 2.19. The van der Waals surface area contributed by atoms with E-state index in [4.69, 9.17) is 4.74 Å². The Kier molecular flexibility index (Phi) is 7.90. The molecule has 0 spiro atoms. The number of anilines is 1. The standard InChI is InChI=1S/C29H32N4O3/c1-4-36-23-15-11-21(12-16-23)29(35)32-19-28(34)31-17-25(20-9-13-22(14-10-20)33(2)3)26-18-30-27-8-6-5-7-24(26)27/h5-16,18,25,30H,4,17,19H2,1-3H3,(H,31,34)(H,32,35). The van der Waals surface area contributed by atoms with E-state index in [1.807, 2.05) is 45.4 Å². The number of fused-ring (bicyclic) bond motifs is 1. The van der Waals surface area contributed by atoms with Crippen molar-refractivity contribution >= 4 is 28.4 Å². The van der Waals surface area contributed by atoms with Gasteiger partial charge in [-0.2, -0.15) is 0 Å². The van der Waals surface area contributed by atoms with Crippen LogP contribution in [0.5, 0.6) is 5.75 Å². The molecule has 0 radical (unpaired) electrons. The molecule has 1 heterocycles. The van der Waals surface area contributed by atoms with Gasteiger partial charge in [-0.25, -0.2) is 0 Å². The lowest BCUT2D eigenvalue weighted by Crippen LogP contribution is -2.38. The smallest absolute Gasteiger partial charge is 0.251 e. The molecule has 7 heteroatoms. The molecule has 0 aliphatic carbocycles. The zero-order valence-electron chi connectivity index (χ0n) is 20.9. The normalized spacial score (nSPS) is 11.6. The second-order valence-electron chi connectivity index (χ2n) is 8.77. The van der Waals surface area contributed by atoms with Crippen molar-refractivity contribution in [3.63, 3.8) is 0 Å². The Morgan fingerprint density at radius 1 is 0.944 bits per heavy atom. The lowest BCUT2D eigenvalue weighted by atomic mass is 9.90. The molecular weight excluding hydrogens is 452 g/mol. The Labute approximate surface area is 211 Å². The maximum Gasteiger partial charge on any atom is 0.251 e. The van der Waals surface area contributed by atoms with Gasteiger partial charge in [0, 0.05) is 54.9 Å². The van der Waals surface area contributed by atoms with E-state index in [1.54, 1.807) is 24.3 Å². The number of hydrogen-bond acceptors (Lipinski definition) is 4. The molecule has 7 nitrogen and oxygen atoms in total. The van der Waals surface area contributed by atoms with E-state index >= 15 is 0 Å². The molecule has 0 aliphatic heterocycles. The Hall–Kier alpha value is -4.26. The van der Waals surface area contributed by atoms with Crippen LogP contribution in [0.15, 0.2) is 79.0 Å². The number of benzene rings is 3. The lowest BCUT2D eigenvalue weighted by Gasteiger charge is -2.20. The summed E-state index contributed by atoms with van der Waals surface area (Å²) in [5, 5.41) is 6.82. The summed E-state index contributed by atoms with van der Waals surface area (Å²) >= 11 is 0. The van der Waals surface area contributed by atoms with E-state index in [2.05, 4.69) is 50.8 Å². The molecule has 36 heavy (non-hydrogen) atoms. The number of carbonyl (C=O) groups excluding carboxylic acids is 2. The van der Waals surface area contributed by atoms with Gasteiger partial charge in [0.25, 0.3) is 5.91 Å². The average Bonchev–Trinajstić information content (AvgIpc) is 3.32. The first-order valence-electron chi connectivity index (χ1n) is 12.1. The van der Waals surface area contributed by atoms with Crippen LogP contribution in [0.3, 0.4) is 0 Å². The van der Waals surface area contributed by atoms with Gasteiger partial charge in [0.05, 0.1) is 13.2 Å². The maximum atomic E-state index is 12.7. The third-order valence-electron chi connectivity index (χ3n) is 6.15. The number of ether oxygens (including phenoxy) is 1. The number of hydrogen-bond donors (Lipinski definition) is 3. The SMILES string of the molecule is CCOc1ccc(C(=O)NCC(=O)NCC(c2ccc(N(C)C)cc2)c2c[nH]c3ccccc23)cc1. The van der Waals surface area contributed by atoms with Crippen LogP contribution in [0.2, 0.25) is 0 Å². The van der Waals surface area contributed by atoms with Crippen molar-refractivity contribution in [2.75, 3.05) is 38.7 Å². The van der Waals surface area contributed by atoms with Gasteiger partial charge in [0.2, 0.25) is 5.91 Å². The average molecular weight is 485 g/mol. The van der Waals surface area contributed by atoms with Crippen LogP contribution in [0, 0.1) is 0 Å². The van der Waals surface area contributed by atoms with Crippen molar-refractivity contribution in [2.45, 2.75) is 12.8 Å². The maximum absolute atomic E-state index is 12.7. The van der Waals surface area contributed by atoms with Gasteiger partial charge in [0.1, 0.15) is 5.75 Å². The van der Waals surface area contributed by atoms with E-state index < -0.39 is 0 Å². The Morgan fingerprint density at radius 2 is 1.67 bits per heavy atom. The minimum absolute atomic E-state index is 0.0527. The number of nitrogens with zero attached hydrogens (tertiary/aromatic N) is 1. The molecule has 4 rings (SSSR count). The first kappa shape index (κ1) is 24.9. The molecule has 3 aromatic carbocycles. The first-order chi connectivity index (χ1) is 17.5. The van der Waals surface area contributed by atoms with E-state index in [9.17, 15) is 9.59 Å². The minimum Gasteiger partial charge on any atom is -0.494 e. The van der Waals surface area contributed by atoms with Crippen LogP contribution in [0.4, 0.5) is 5.69 Å². The van der Waals surface area contributed by atoms with Crippen molar-refractivity contribution < 1.29 is 14.3 Å². The highest BCUT2D eigenvalue weighted by Crippen LogP contribution is 2.31. The molecule has 0 saturated carbocycles. The molecule has 1 atom stereocenters. The van der Waals surface area contributed by atoms with E-state index in [-0.39, 0.29) is 24.3 Å². The summed E-state index contributed by atoms with van der Waals surface area (Å²) in [6.45, 7) is 2.76. The number of nitrogens with one attached hydrogen (secondary N) is 3. The van der Waals surface area contributed by atoms with Gasteiger partial charge >= 0.3 is 0 Å². The summed E-state index contributed by atoms with van der Waals surface area (Å²) in [4.78, 5) is 30.5. The zero-order valence-corrected chi connectivity index (χ0v) is 20.9. The van der Waals surface area contributed by atoms with Gasteiger partial charge in [0.15, 0.2) is 0 Å². The van der Waals surface area contributed by atoms with Gasteiger partial charge < -0.3 is 25.3 Å². The molecule has 3 N–H and O–H groups in total. The summed E-state index contributed by atoms with van der Waals surface area (Å²) in [6, 6.07) is 23.3. The quantitative estimate of drug-likeness (QED) is 0.313. The van der Waals surface area contributed by atoms with Crippen molar-refractivity contribution in [1.82, 2.24) is 15.6 Å². The van der Waals surface area contributed by atoms with Crippen molar-refractivity contribution in [3.8, 4) is 5.75 Å². The molecular formula is C29H32N4O3. The number of H-pyrrole nitrogens is 1. The van der Waals surface area contributed by atoms with Crippen LogP contribution < -0.4 is 20.3 Å². The van der Waals surface area contributed by atoms with E-state index in [1.165, 1.54) is 0 Å². The Balaban J connectivity index is 1.44. The zero-order chi connectivity index (χ0) is 25.5. The topological polar surface area (TPSA) is 86.5 Å². The van der Waals surface area contributed by atoms with Crippen molar-refractivity contribution in [1.29, 1.82) is 0 Å². The summed E-state index contributed by atoms with van der Waals surface area (Å²) in [5.74, 6) is 0.0987. The van der Waals surface area contributed by atoms with Gasteiger partial charge in [-0.3, -0.25) is 9.59 Å². The number of para-hydroxylation sites is 1. The molecule has 1 unspecified atom stereocenters. The van der Waals surface area contributed by atoms with Crippen LogP contribution in [0.25, 0.3) is 10.9 Å². The second-order valence-corrected chi connectivity index (χ2v) is 8.77. The van der Waals surface area contributed by atoms with Crippen LogP contribution >= 0.6 is 0 Å². The molecule has 2 amide bonds. The van der Waals surface area contributed by atoms with Crippen molar-refractivity contribution in [3.05, 3.63) is 95.7 Å². The Morgan fingerprint density at radius 3 is 2.36 bits per heavy atom. The predicted octanol–water partition coefficient (Wildman–Crippen LogP) is 4.31. The number of amides is 2. The minimum atomic E-state index is -0.305. The predicted molar refractivity (Wildman–Crippen MR) is 144 cm³/mol. The lowest BCUT2D eigenvalue weighted by molar-refractivity contribution is -0.120. The molecule has 1 aromatic heterocycles. The third kappa shape index (κ3) is 5.86. The first-order valence-corrected chi connectivity index (χ1v) is 12.1. The summed E-state index contributed by atoms with van der Waals surface area (Å²) < 4.78 is 5.40. The summed E-state index contributed by atoms with van der Waals surface area (Å²) in [5.41, 5.74) is 4.85. The number of carbonyl (C=O) groups is 2. The largest absolute Gasteiger partial charge is 0.494 e. The molecule has 0 saturated heterocycles. The number of aromatic nitrogens is 1. The van der Waals surface area contributed by atoms with Gasteiger partial charge in [-0.05, 0) is 60.5 Å². The van der Waals surface area contributed by atoms with E-state index in [0.29, 0.717) is 24.5 Å². The van der Waals surface area contributed by atoms with Gasteiger partial charge in [-0.1, -0.05) is 30.3 Å². The second kappa shape index (κ2) is 11.4. The fourth-order valence-electron chi connectivity index (χ4n) is 4.20. The van der Waals surface area contributed by atoms with Crippen LogP contribution in [0.1, 0.15) is 34.3 Å². The number of aromatic amines is 1. The number of rotatable bonds is 10. The van der Waals surface area contributed by atoms with Gasteiger partial charge in [-0.15, -0.1) is 0 Å². The highest BCUT2D eigenvalue weighted by atomic mass is 16.5. The molecule has 186 valence electrons.